The lowest BCUT2D eigenvalue weighted by molar-refractivity contribution is -0.394. The monoisotopic (exact) mass is 486 g/mol. The molecule has 0 fully saturated rings. The van der Waals surface area contributed by atoms with Crippen molar-refractivity contribution in [2.75, 3.05) is 16.8 Å². The molecule has 1 unspecified atom stereocenters. The van der Waals surface area contributed by atoms with Gasteiger partial charge in [0.05, 0.1) is 21.6 Å². The quantitative estimate of drug-likeness (QED) is 0.176. The second-order valence-electron chi connectivity index (χ2n) is 7.24. The number of ether oxygens (including phenoxy) is 1. The number of rotatable bonds is 5. The summed E-state index contributed by atoms with van der Waals surface area (Å²) >= 11 is 0. The SMILES string of the molecule is N#CNC1=NC(c2cccc(Oc3ccc([N+](=O)[O-])cc3[N+](=O)[O-])c2)c2c(nc(N)c(C#N)c2N)N1. The van der Waals surface area contributed by atoms with Crippen LogP contribution in [0.3, 0.4) is 0 Å². The van der Waals surface area contributed by atoms with E-state index >= 15 is 0 Å². The number of hydrogen-bond acceptors (Lipinski definition) is 13. The molecular weight excluding hydrogens is 472 g/mol. The number of guanidine groups is 1. The van der Waals surface area contributed by atoms with Crippen molar-refractivity contribution in [2.24, 2.45) is 4.99 Å². The summed E-state index contributed by atoms with van der Waals surface area (Å²) in [5.74, 6) is 0.0460. The van der Waals surface area contributed by atoms with Gasteiger partial charge in [0, 0.05) is 11.6 Å². The summed E-state index contributed by atoms with van der Waals surface area (Å²) in [4.78, 5) is 29.5. The zero-order valence-electron chi connectivity index (χ0n) is 18.0. The average molecular weight is 486 g/mol. The van der Waals surface area contributed by atoms with Crippen LogP contribution in [0.1, 0.15) is 22.7 Å². The Hall–Kier alpha value is -5.96. The smallest absolute Gasteiger partial charge is 0.318 e. The summed E-state index contributed by atoms with van der Waals surface area (Å²) < 4.78 is 5.68. The van der Waals surface area contributed by atoms with Crippen molar-refractivity contribution in [3.8, 4) is 23.8 Å². The van der Waals surface area contributed by atoms with E-state index in [2.05, 4.69) is 20.6 Å². The predicted octanol–water partition coefficient (Wildman–Crippen LogP) is 2.67. The normalized spacial score (nSPS) is 13.7. The molecule has 1 aliphatic rings. The minimum absolute atomic E-state index is 0.0367. The van der Waals surface area contributed by atoms with Gasteiger partial charge in [0.15, 0.2) is 6.19 Å². The van der Waals surface area contributed by atoms with Gasteiger partial charge in [-0.05, 0) is 23.8 Å². The van der Waals surface area contributed by atoms with Crippen LogP contribution in [-0.2, 0) is 0 Å². The lowest BCUT2D eigenvalue weighted by Crippen LogP contribution is -2.32. The van der Waals surface area contributed by atoms with Gasteiger partial charge in [0.25, 0.3) is 5.69 Å². The minimum Gasteiger partial charge on any atom is -0.450 e. The van der Waals surface area contributed by atoms with E-state index in [4.69, 9.17) is 21.5 Å². The molecule has 1 aromatic heterocycles. The Bertz CT molecular complexity index is 1540. The first-order chi connectivity index (χ1) is 17.2. The number of aliphatic imine (C=N–C) groups is 1. The van der Waals surface area contributed by atoms with Crippen molar-refractivity contribution in [3.05, 3.63) is 79.4 Å². The highest BCUT2D eigenvalue weighted by Gasteiger charge is 2.30. The maximum absolute atomic E-state index is 11.4. The lowest BCUT2D eigenvalue weighted by atomic mass is 9.95. The number of nitrogens with zero attached hydrogens (tertiary/aromatic N) is 6. The highest BCUT2D eigenvalue weighted by atomic mass is 16.6. The standard InChI is InChI=1S/C21H14N10O5/c22-8-13-17(24)16-18(27-21(26-9-23)29-20(16)28-19(13)25)10-2-1-3-12(6-10)36-15-5-4-11(30(32)33)7-14(15)31(34)35/h1-7,18H,(H6,24,25,26,27,28,29). The summed E-state index contributed by atoms with van der Waals surface area (Å²) in [5, 5.41) is 46.1. The van der Waals surface area contributed by atoms with E-state index < -0.39 is 27.3 Å². The maximum Gasteiger partial charge on any atom is 0.318 e. The van der Waals surface area contributed by atoms with Crippen LogP contribution in [0.15, 0.2) is 47.5 Å². The molecule has 4 rings (SSSR count). The molecular formula is C21H14N10O5. The van der Waals surface area contributed by atoms with Gasteiger partial charge >= 0.3 is 5.69 Å². The van der Waals surface area contributed by atoms with E-state index in [9.17, 15) is 25.5 Å². The number of non-ortho nitro benzene ring substituents is 1. The molecule has 36 heavy (non-hydrogen) atoms. The second kappa shape index (κ2) is 9.12. The van der Waals surface area contributed by atoms with Gasteiger partial charge in [-0.15, -0.1) is 0 Å². The number of nitro groups is 2. The number of anilines is 3. The molecule has 0 saturated carbocycles. The Kier molecular flexibility index (Phi) is 5.88. The van der Waals surface area contributed by atoms with Crippen molar-refractivity contribution in [3.63, 3.8) is 0 Å². The molecule has 15 heteroatoms. The summed E-state index contributed by atoms with van der Waals surface area (Å²) in [7, 11) is 0. The Balaban J connectivity index is 1.79. The molecule has 0 saturated heterocycles. The molecule has 178 valence electrons. The highest BCUT2D eigenvalue weighted by Crippen LogP contribution is 2.42. The van der Waals surface area contributed by atoms with Gasteiger partial charge in [0.1, 0.15) is 35.1 Å². The molecule has 1 atom stereocenters. The van der Waals surface area contributed by atoms with E-state index in [0.717, 1.165) is 18.2 Å². The van der Waals surface area contributed by atoms with E-state index in [1.165, 1.54) is 12.1 Å². The molecule has 1 aliphatic heterocycles. The summed E-state index contributed by atoms with van der Waals surface area (Å²) in [6.07, 6.45) is 1.74. The number of benzene rings is 2. The third kappa shape index (κ3) is 4.18. The number of nitrogen functional groups attached to an aromatic ring is 2. The molecule has 0 radical (unpaired) electrons. The van der Waals surface area contributed by atoms with Crippen molar-refractivity contribution < 1.29 is 14.6 Å². The van der Waals surface area contributed by atoms with Gasteiger partial charge in [0.2, 0.25) is 11.7 Å². The van der Waals surface area contributed by atoms with Crippen LogP contribution >= 0.6 is 0 Å². The molecule has 0 spiro atoms. The minimum atomic E-state index is -0.868. The van der Waals surface area contributed by atoms with Crippen molar-refractivity contribution in [2.45, 2.75) is 6.04 Å². The number of fused-ring (bicyclic) bond motifs is 1. The Morgan fingerprint density at radius 1 is 1.11 bits per heavy atom. The third-order valence-corrected chi connectivity index (χ3v) is 5.11. The number of nitrogens with two attached hydrogens (primary N) is 2. The molecule has 2 aromatic carbocycles. The van der Waals surface area contributed by atoms with Gasteiger partial charge in [-0.3, -0.25) is 25.5 Å². The Morgan fingerprint density at radius 2 is 1.89 bits per heavy atom. The van der Waals surface area contributed by atoms with Crippen LogP contribution in [0.5, 0.6) is 11.5 Å². The van der Waals surface area contributed by atoms with Crippen molar-refractivity contribution >= 4 is 34.7 Å². The zero-order chi connectivity index (χ0) is 26.0. The fourth-order valence-corrected chi connectivity index (χ4v) is 3.55. The first-order valence-corrected chi connectivity index (χ1v) is 9.93. The predicted molar refractivity (Wildman–Crippen MR) is 126 cm³/mol. The summed E-state index contributed by atoms with van der Waals surface area (Å²) in [5.41, 5.74) is 11.8. The van der Waals surface area contributed by atoms with Crippen LogP contribution in [0.2, 0.25) is 0 Å². The molecule has 2 heterocycles. The first-order valence-electron chi connectivity index (χ1n) is 9.93. The summed E-state index contributed by atoms with van der Waals surface area (Å²) in [6, 6.07) is 10.3. The Labute approximate surface area is 201 Å². The van der Waals surface area contributed by atoms with Crippen molar-refractivity contribution in [1.29, 1.82) is 10.5 Å². The Morgan fingerprint density at radius 3 is 2.56 bits per heavy atom. The largest absolute Gasteiger partial charge is 0.450 e. The lowest BCUT2D eigenvalue weighted by Gasteiger charge is -2.26. The van der Waals surface area contributed by atoms with Gasteiger partial charge < -0.3 is 21.5 Å². The topological polar surface area (TPSA) is 244 Å². The second-order valence-corrected chi connectivity index (χ2v) is 7.24. The van der Waals surface area contributed by atoms with Gasteiger partial charge in [-0.25, -0.2) is 9.98 Å². The van der Waals surface area contributed by atoms with E-state index in [0.29, 0.717) is 11.1 Å². The van der Waals surface area contributed by atoms with Crippen LogP contribution in [0, 0.1) is 43.0 Å². The number of nitro benzene ring substituents is 2. The third-order valence-electron chi connectivity index (χ3n) is 5.11. The van der Waals surface area contributed by atoms with Gasteiger partial charge in [-0.1, -0.05) is 12.1 Å². The number of pyridine rings is 1. The number of aromatic nitrogens is 1. The van der Waals surface area contributed by atoms with Crippen LogP contribution < -0.4 is 26.8 Å². The molecule has 0 amide bonds. The zero-order valence-corrected chi connectivity index (χ0v) is 18.0. The average Bonchev–Trinajstić information content (AvgIpc) is 2.84. The maximum atomic E-state index is 11.4. The molecule has 15 nitrogen and oxygen atoms in total. The van der Waals surface area contributed by atoms with E-state index in [-0.39, 0.29) is 40.3 Å². The van der Waals surface area contributed by atoms with Crippen LogP contribution in [0.4, 0.5) is 28.7 Å². The van der Waals surface area contributed by atoms with Gasteiger partial charge in [-0.2, -0.15) is 10.5 Å². The number of hydrogen-bond donors (Lipinski definition) is 4. The van der Waals surface area contributed by atoms with Crippen molar-refractivity contribution in [1.82, 2.24) is 10.3 Å². The summed E-state index contributed by atoms with van der Waals surface area (Å²) in [6.45, 7) is 0. The number of nitriles is 2. The molecule has 0 bridgehead atoms. The van der Waals surface area contributed by atoms with E-state index in [1.54, 1.807) is 18.3 Å². The van der Waals surface area contributed by atoms with Crippen LogP contribution in [-0.4, -0.2) is 20.8 Å². The molecule has 3 aromatic rings. The number of nitrogens with one attached hydrogen (secondary N) is 2. The fourth-order valence-electron chi connectivity index (χ4n) is 3.55. The fraction of sp³-hybridized carbons (Fsp3) is 0.0476. The van der Waals surface area contributed by atoms with E-state index in [1.807, 2.05) is 6.07 Å². The van der Waals surface area contributed by atoms with Crippen LogP contribution in [0.25, 0.3) is 0 Å². The first kappa shape index (κ1) is 23.2. The molecule has 6 N–H and O–H groups in total. The highest BCUT2D eigenvalue weighted by molar-refractivity contribution is 5.98. The molecule has 0 aliphatic carbocycles.